The number of amides is 1. The zero-order valence-electron chi connectivity index (χ0n) is 12.7. The topological polar surface area (TPSA) is 76.2 Å². The molecule has 0 aliphatic carbocycles. The zero-order valence-corrected chi connectivity index (χ0v) is 14.3. The lowest BCUT2D eigenvalue weighted by Crippen LogP contribution is -2.13. The van der Waals surface area contributed by atoms with Crippen LogP contribution in [0.25, 0.3) is 0 Å². The van der Waals surface area contributed by atoms with Crippen molar-refractivity contribution >= 4 is 27.7 Å². The van der Waals surface area contributed by atoms with E-state index in [0.717, 1.165) is 12.1 Å². The normalized spacial score (nSPS) is 10.4. The summed E-state index contributed by atoms with van der Waals surface area (Å²) in [5.74, 6) is 1.30. The number of benzene rings is 1. The van der Waals surface area contributed by atoms with Crippen molar-refractivity contribution in [2.75, 3.05) is 19.0 Å². The van der Waals surface area contributed by atoms with Crippen molar-refractivity contribution in [3.05, 3.63) is 33.9 Å². The second-order valence-corrected chi connectivity index (χ2v) is 5.58. The SMILES string of the molecule is CCCOc1c(Br)cc(C(=O)Nc2cc(C)[nH]n2)cc1OC. The zero-order chi connectivity index (χ0) is 16.1. The van der Waals surface area contributed by atoms with Crippen molar-refractivity contribution in [3.63, 3.8) is 0 Å². The van der Waals surface area contributed by atoms with E-state index in [1.807, 2.05) is 13.8 Å². The third-order valence-electron chi connectivity index (χ3n) is 2.89. The van der Waals surface area contributed by atoms with Gasteiger partial charge < -0.3 is 14.8 Å². The number of carbonyl (C=O) groups excluding carboxylic acids is 1. The average Bonchev–Trinajstić information content (AvgIpc) is 2.90. The average molecular weight is 368 g/mol. The van der Waals surface area contributed by atoms with Gasteiger partial charge in [-0.3, -0.25) is 9.89 Å². The van der Waals surface area contributed by atoms with Gasteiger partial charge in [-0.15, -0.1) is 0 Å². The largest absolute Gasteiger partial charge is 0.493 e. The minimum Gasteiger partial charge on any atom is -0.493 e. The molecule has 6 nitrogen and oxygen atoms in total. The van der Waals surface area contributed by atoms with Crippen LogP contribution in [0.4, 0.5) is 5.82 Å². The van der Waals surface area contributed by atoms with E-state index in [-0.39, 0.29) is 5.91 Å². The summed E-state index contributed by atoms with van der Waals surface area (Å²) in [5, 5.41) is 9.47. The summed E-state index contributed by atoms with van der Waals surface area (Å²) in [6, 6.07) is 5.09. The molecule has 22 heavy (non-hydrogen) atoms. The number of aryl methyl sites for hydroxylation is 1. The van der Waals surface area contributed by atoms with Crippen molar-refractivity contribution < 1.29 is 14.3 Å². The first-order valence-electron chi connectivity index (χ1n) is 6.88. The van der Waals surface area contributed by atoms with Crippen LogP contribution in [0, 0.1) is 6.92 Å². The molecule has 2 N–H and O–H groups in total. The van der Waals surface area contributed by atoms with Crippen molar-refractivity contribution in [1.82, 2.24) is 10.2 Å². The molecule has 0 saturated heterocycles. The molecule has 1 aromatic carbocycles. The van der Waals surface area contributed by atoms with Crippen molar-refractivity contribution in [2.45, 2.75) is 20.3 Å². The van der Waals surface area contributed by atoms with Gasteiger partial charge in [0.2, 0.25) is 0 Å². The molecule has 0 bridgehead atoms. The molecule has 2 rings (SSSR count). The van der Waals surface area contributed by atoms with Gasteiger partial charge >= 0.3 is 0 Å². The number of hydrogen-bond donors (Lipinski definition) is 2. The molecule has 0 spiro atoms. The smallest absolute Gasteiger partial charge is 0.257 e. The fourth-order valence-corrected chi connectivity index (χ4v) is 2.42. The van der Waals surface area contributed by atoms with Crippen LogP contribution >= 0.6 is 15.9 Å². The molecule has 1 amide bonds. The third kappa shape index (κ3) is 3.79. The maximum atomic E-state index is 12.3. The van der Waals surface area contributed by atoms with Crippen LogP contribution in [0.3, 0.4) is 0 Å². The summed E-state index contributed by atoms with van der Waals surface area (Å²) in [6.45, 7) is 4.46. The second-order valence-electron chi connectivity index (χ2n) is 4.73. The highest BCUT2D eigenvalue weighted by atomic mass is 79.9. The first kappa shape index (κ1) is 16.4. The van der Waals surface area contributed by atoms with Gasteiger partial charge in [0.15, 0.2) is 17.3 Å². The number of rotatable bonds is 6. The standard InChI is InChI=1S/C15H18BrN3O3/c1-4-5-22-14-11(16)7-10(8-12(14)21-3)15(20)17-13-6-9(2)18-19-13/h6-8H,4-5H2,1-3H3,(H2,17,18,19,20). The Morgan fingerprint density at radius 1 is 1.41 bits per heavy atom. The maximum Gasteiger partial charge on any atom is 0.257 e. The summed E-state index contributed by atoms with van der Waals surface area (Å²) >= 11 is 3.42. The van der Waals surface area contributed by atoms with Crippen LogP contribution in [0.1, 0.15) is 29.4 Å². The Morgan fingerprint density at radius 3 is 2.77 bits per heavy atom. The van der Waals surface area contributed by atoms with Crippen LogP contribution in [0.2, 0.25) is 0 Å². The fourth-order valence-electron chi connectivity index (χ4n) is 1.87. The van der Waals surface area contributed by atoms with Crippen LogP contribution in [0.15, 0.2) is 22.7 Å². The summed E-state index contributed by atoms with van der Waals surface area (Å²) in [6.07, 6.45) is 0.885. The fraction of sp³-hybridized carbons (Fsp3) is 0.333. The molecular formula is C15H18BrN3O3. The van der Waals surface area contributed by atoms with Gasteiger partial charge in [-0.1, -0.05) is 6.92 Å². The first-order valence-corrected chi connectivity index (χ1v) is 7.68. The number of hydrogen-bond acceptors (Lipinski definition) is 4. The number of halogens is 1. The van der Waals surface area contributed by atoms with E-state index in [4.69, 9.17) is 9.47 Å². The van der Waals surface area contributed by atoms with Gasteiger partial charge in [0.25, 0.3) is 5.91 Å². The number of H-pyrrole nitrogens is 1. The van der Waals surface area contributed by atoms with E-state index in [2.05, 4.69) is 31.4 Å². The molecule has 0 saturated carbocycles. The van der Waals surface area contributed by atoms with Gasteiger partial charge in [0.1, 0.15) is 0 Å². The number of aromatic amines is 1. The maximum absolute atomic E-state index is 12.3. The Morgan fingerprint density at radius 2 is 2.18 bits per heavy atom. The molecule has 118 valence electrons. The summed E-state index contributed by atoms with van der Waals surface area (Å²) < 4.78 is 11.6. The molecular weight excluding hydrogens is 350 g/mol. The van der Waals surface area contributed by atoms with Crippen LogP contribution < -0.4 is 14.8 Å². The van der Waals surface area contributed by atoms with Gasteiger partial charge in [-0.05, 0) is 41.4 Å². The summed E-state index contributed by atoms with van der Waals surface area (Å²) in [5.41, 5.74) is 1.32. The molecule has 1 heterocycles. The number of nitrogens with one attached hydrogen (secondary N) is 2. The van der Waals surface area contributed by atoms with Gasteiger partial charge in [0, 0.05) is 17.3 Å². The highest BCUT2D eigenvalue weighted by Gasteiger charge is 2.16. The monoisotopic (exact) mass is 367 g/mol. The second kappa shape index (κ2) is 7.31. The lowest BCUT2D eigenvalue weighted by Gasteiger charge is -2.13. The summed E-state index contributed by atoms with van der Waals surface area (Å²) in [4.78, 5) is 12.3. The molecule has 0 fully saturated rings. The van der Waals surface area contributed by atoms with Crippen molar-refractivity contribution in [1.29, 1.82) is 0 Å². The number of anilines is 1. The molecule has 0 atom stereocenters. The molecule has 1 aromatic heterocycles. The highest BCUT2D eigenvalue weighted by Crippen LogP contribution is 2.36. The Labute approximate surface area is 137 Å². The van der Waals surface area contributed by atoms with E-state index >= 15 is 0 Å². The van der Waals surface area contributed by atoms with E-state index in [0.29, 0.717) is 34.0 Å². The molecule has 0 radical (unpaired) electrons. The van der Waals surface area contributed by atoms with Crippen LogP contribution in [0.5, 0.6) is 11.5 Å². The minimum absolute atomic E-state index is 0.271. The number of carbonyl (C=O) groups is 1. The third-order valence-corrected chi connectivity index (χ3v) is 3.48. The van der Waals surface area contributed by atoms with Crippen LogP contribution in [-0.2, 0) is 0 Å². The number of methoxy groups -OCH3 is 1. The number of nitrogens with zero attached hydrogens (tertiary/aromatic N) is 1. The lowest BCUT2D eigenvalue weighted by molar-refractivity contribution is 0.102. The lowest BCUT2D eigenvalue weighted by atomic mass is 10.2. The quantitative estimate of drug-likeness (QED) is 0.818. The molecule has 0 aliphatic heterocycles. The van der Waals surface area contributed by atoms with Gasteiger partial charge in [-0.25, -0.2) is 0 Å². The van der Waals surface area contributed by atoms with Crippen molar-refractivity contribution in [2.24, 2.45) is 0 Å². The predicted molar refractivity (Wildman–Crippen MR) is 87.8 cm³/mol. The minimum atomic E-state index is -0.271. The van der Waals surface area contributed by atoms with Crippen molar-refractivity contribution in [3.8, 4) is 11.5 Å². The van der Waals surface area contributed by atoms with E-state index in [9.17, 15) is 4.79 Å². The molecule has 0 unspecified atom stereocenters. The highest BCUT2D eigenvalue weighted by molar-refractivity contribution is 9.10. The Kier molecular flexibility index (Phi) is 5.43. The Hall–Kier alpha value is -2.02. The predicted octanol–water partition coefficient (Wildman–Crippen LogP) is 3.53. The molecule has 0 aliphatic rings. The van der Waals surface area contributed by atoms with Gasteiger partial charge in [0.05, 0.1) is 18.2 Å². The van der Waals surface area contributed by atoms with E-state index in [1.165, 1.54) is 0 Å². The molecule has 7 heteroatoms. The Balaban J connectivity index is 2.23. The number of aromatic nitrogens is 2. The Bertz CT molecular complexity index is 670. The first-order chi connectivity index (χ1) is 10.5. The number of ether oxygens (including phenoxy) is 2. The van der Waals surface area contributed by atoms with Crippen LogP contribution in [-0.4, -0.2) is 29.8 Å². The van der Waals surface area contributed by atoms with E-state index in [1.54, 1.807) is 25.3 Å². The summed E-state index contributed by atoms with van der Waals surface area (Å²) in [7, 11) is 1.54. The van der Waals surface area contributed by atoms with Gasteiger partial charge in [-0.2, -0.15) is 5.10 Å². The molecule has 2 aromatic rings. The van der Waals surface area contributed by atoms with E-state index < -0.39 is 0 Å².